The van der Waals surface area contributed by atoms with Crippen molar-refractivity contribution in [2.45, 2.75) is 12.5 Å². The number of thiocarbonyl (C=S) groups is 1. The van der Waals surface area contributed by atoms with Crippen LogP contribution < -0.4 is 0 Å². The van der Waals surface area contributed by atoms with Crippen LogP contribution in [0.15, 0.2) is 71.7 Å². The molecule has 1 aliphatic rings. The van der Waals surface area contributed by atoms with Gasteiger partial charge in [0, 0.05) is 18.6 Å². The summed E-state index contributed by atoms with van der Waals surface area (Å²) in [5.74, 6) is -1.58. The van der Waals surface area contributed by atoms with E-state index in [1.54, 1.807) is 54.6 Å². The van der Waals surface area contributed by atoms with E-state index < -0.39 is 22.8 Å². The van der Waals surface area contributed by atoms with E-state index in [9.17, 15) is 24.8 Å². The number of carboxylic acid groups (broad SMARTS) is 1. The smallest absolute Gasteiger partial charge is 0.327 e. The number of rotatable bonds is 7. The molecular formula is C21H16N2O5S2. The molecule has 7 nitrogen and oxygen atoms in total. The van der Waals surface area contributed by atoms with E-state index in [1.165, 1.54) is 12.1 Å². The third-order valence-corrected chi connectivity index (χ3v) is 5.68. The molecule has 152 valence electrons. The van der Waals surface area contributed by atoms with Crippen LogP contribution in [0.3, 0.4) is 0 Å². The van der Waals surface area contributed by atoms with Crippen LogP contribution >= 0.6 is 24.0 Å². The first-order valence-electron chi connectivity index (χ1n) is 8.81. The first kappa shape index (κ1) is 21.4. The van der Waals surface area contributed by atoms with Crippen LogP contribution in [-0.4, -0.2) is 37.2 Å². The number of aliphatic carboxylic acids is 1. The number of benzene rings is 2. The fraction of sp³-hybridized carbons (Fsp3) is 0.0952. The minimum absolute atomic E-state index is 0.00819. The molecular weight excluding hydrogens is 424 g/mol. The van der Waals surface area contributed by atoms with Gasteiger partial charge in [0.05, 0.1) is 9.83 Å². The summed E-state index contributed by atoms with van der Waals surface area (Å²) in [5.41, 5.74) is 1.51. The number of nitro groups is 1. The lowest BCUT2D eigenvalue weighted by atomic mass is 10.0. The number of non-ortho nitro benzene ring substituents is 1. The van der Waals surface area contributed by atoms with Gasteiger partial charge in [-0.05, 0) is 29.3 Å². The Kier molecular flexibility index (Phi) is 6.76. The highest BCUT2D eigenvalue weighted by Gasteiger charge is 2.40. The predicted octanol–water partition coefficient (Wildman–Crippen LogP) is 4.05. The lowest BCUT2D eigenvalue weighted by molar-refractivity contribution is -0.384. The zero-order chi connectivity index (χ0) is 21.7. The molecule has 1 fully saturated rings. The number of thioether (sulfide) groups is 1. The van der Waals surface area contributed by atoms with Gasteiger partial charge >= 0.3 is 5.97 Å². The maximum absolute atomic E-state index is 12.8. The first-order valence-corrected chi connectivity index (χ1v) is 10.0. The maximum Gasteiger partial charge on any atom is 0.327 e. The Balaban J connectivity index is 1.75. The van der Waals surface area contributed by atoms with E-state index in [1.807, 2.05) is 6.07 Å². The molecule has 0 bridgehead atoms. The van der Waals surface area contributed by atoms with Crippen molar-refractivity contribution in [3.8, 4) is 0 Å². The zero-order valence-corrected chi connectivity index (χ0v) is 17.1. The molecule has 1 aliphatic heterocycles. The normalized spacial score (nSPS) is 16.4. The quantitative estimate of drug-likeness (QED) is 0.300. The molecule has 9 heteroatoms. The molecule has 1 N–H and O–H groups in total. The summed E-state index contributed by atoms with van der Waals surface area (Å²) in [7, 11) is 0. The second-order valence-corrected chi connectivity index (χ2v) is 8.00. The van der Waals surface area contributed by atoms with Crippen LogP contribution in [0.5, 0.6) is 0 Å². The van der Waals surface area contributed by atoms with Crippen molar-refractivity contribution in [3.63, 3.8) is 0 Å². The van der Waals surface area contributed by atoms with Crippen molar-refractivity contribution in [2.75, 3.05) is 0 Å². The van der Waals surface area contributed by atoms with E-state index in [2.05, 4.69) is 0 Å². The topological polar surface area (TPSA) is 101 Å². The summed E-state index contributed by atoms with van der Waals surface area (Å²) >= 11 is 6.31. The number of hydrogen-bond acceptors (Lipinski definition) is 6. The molecule has 1 atom stereocenters. The van der Waals surface area contributed by atoms with Gasteiger partial charge in [-0.1, -0.05) is 66.5 Å². The van der Waals surface area contributed by atoms with Crippen molar-refractivity contribution in [3.05, 3.63) is 92.9 Å². The van der Waals surface area contributed by atoms with E-state index in [-0.39, 0.29) is 16.4 Å². The zero-order valence-electron chi connectivity index (χ0n) is 15.5. The number of amides is 1. The number of carbonyl (C=O) groups is 2. The molecule has 0 saturated carbocycles. The van der Waals surface area contributed by atoms with Crippen molar-refractivity contribution < 1.29 is 19.6 Å². The number of nitro benzene ring substituents is 1. The molecule has 2 aromatic carbocycles. The van der Waals surface area contributed by atoms with Crippen LogP contribution in [0.4, 0.5) is 5.69 Å². The summed E-state index contributed by atoms with van der Waals surface area (Å²) in [4.78, 5) is 36.3. The molecule has 1 amide bonds. The Morgan fingerprint density at radius 1 is 1.20 bits per heavy atom. The standard InChI is InChI=1S/C21H16N2O5S2/c24-19-18(8-4-7-14-9-11-16(12-10-14)23(27)28)30-21(29)22(19)17(20(25)26)13-15-5-2-1-3-6-15/h1-12,17H,13H2,(H,25,26)/b7-4+,18-8+/t17-/m1/s1. The Morgan fingerprint density at radius 2 is 1.87 bits per heavy atom. The van der Waals surface area contributed by atoms with E-state index in [0.717, 1.165) is 27.8 Å². The van der Waals surface area contributed by atoms with Gasteiger partial charge in [0.15, 0.2) is 0 Å². The third kappa shape index (κ3) is 5.00. The Hall–Kier alpha value is -3.30. The molecule has 1 saturated heterocycles. The monoisotopic (exact) mass is 440 g/mol. The van der Waals surface area contributed by atoms with Crippen molar-refractivity contribution in [1.29, 1.82) is 0 Å². The van der Waals surface area contributed by atoms with Gasteiger partial charge in [0.25, 0.3) is 11.6 Å². The predicted molar refractivity (Wildman–Crippen MR) is 119 cm³/mol. The van der Waals surface area contributed by atoms with Gasteiger partial charge in [0.2, 0.25) is 0 Å². The largest absolute Gasteiger partial charge is 0.480 e. The Labute approximate surface area is 181 Å². The van der Waals surface area contributed by atoms with Crippen LogP contribution in [0.25, 0.3) is 6.08 Å². The van der Waals surface area contributed by atoms with Gasteiger partial charge < -0.3 is 5.11 Å². The minimum Gasteiger partial charge on any atom is -0.480 e. The lowest BCUT2D eigenvalue weighted by Gasteiger charge is -2.23. The molecule has 0 unspecified atom stereocenters. The van der Waals surface area contributed by atoms with Crippen molar-refractivity contribution in [2.24, 2.45) is 0 Å². The fourth-order valence-electron chi connectivity index (χ4n) is 2.84. The van der Waals surface area contributed by atoms with Crippen LogP contribution in [0.1, 0.15) is 11.1 Å². The van der Waals surface area contributed by atoms with Crippen LogP contribution in [0, 0.1) is 10.1 Å². The molecule has 0 aromatic heterocycles. The SMILES string of the molecule is O=C(O)[C@@H](Cc1ccccc1)N1C(=O)/C(=C\C=C\c2ccc([N+](=O)[O-])cc2)SC1=S. The highest BCUT2D eigenvalue weighted by atomic mass is 32.2. The van der Waals surface area contributed by atoms with E-state index in [0.29, 0.717) is 4.91 Å². The first-order chi connectivity index (χ1) is 14.4. The second-order valence-electron chi connectivity index (χ2n) is 6.33. The molecule has 1 heterocycles. The van der Waals surface area contributed by atoms with E-state index in [4.69, 9.17) is 12.2 Å². The van der Waals surface area contributed by atoms with E-state index >= 15 is 0 Å². The summed E-state index contributed by atoms with van der Waals surface area (Å²) in [5, 5.41) is 20.4. The summed E-state index contributed by atoms with van der Waals surface area (Å²) in [6.07, 6.45) is 5.02. The Bertz CT molecular complexity index is 1050. The molecule has 2 aromatic rings. The number of carbonyl (C=O) groups excluding carboxylic acids is 1. The lowest BCUT2D eigenvalue weighted by Crippen LogP contribution is -2.45. The fourth-order valence-corrected chi connectivity index (χ4v) is 4.15. The minimum atomic E-state index is -1.13. The van der Waals surface area contributed by atoms with Gasteiger partial charge in [0.1, 0.15) is 10.4 Å². The van der Waals surface area contributed by atoms with Gasteiger partial charge in [-0.2, -0.15) is 0 Å². The highest BCUT2D eigenvalue weighted by Crippen LogP contribution is 2.33. The third-order valence-electron chi connectivity index (χ3n) is 4.33. The summed E-state index contributed by atoms with van der Waals surface area (Å²) < 4.78 is 0.193. The number of carboxylic acids is 1. The molecule has 3 rings (SSSR count). The maximum atomic E-state index is 12.8. The average molecular weight is 441 g/mol. The molecule has 0 radical (unpaired) electrons. The van der Waals surface area contributed by atoms with Gasteiger partial charge in [-0.25, -0.2) is 4.79 Å². The highest BCUT2D eigenvalue weighted by molar-refractivity contribution is 8.26. The van der Waals surface area contributed by atoms with Crippen molar-refractivity contribution >= 4 is 51.9 Å². The second kappa shape index (κ2) is 9.47. The number of hydrogen-bond donors (Lipinski definition) is 1. The summed E-state index contributed by atoms with van der Waals surface area (Å²) in [6.45, 7) is 0. The van der Waals surface area contributed by atoms with Crippen molar-refractivity contribution in [1.82, 2.24) is 4.90 Å². The van der Waals surface area contributed by atoms with Gasteiger partial charge in [-0.3, -0.25) is 19.8 Å². The number of allylic oxidation sites excluding steroid dienone is 2. The molecule has 30 heavy (non-hydrogen) atoms. The Morgan fingerprint density at radius 3 is 2.47 bits per heavy atom. The summed E-state index contributed by atoms with van der Waals surface area (Å²) in [6, 6.07) is 13.9. The van der Waals surface area contributed by atoms with Crippen LogP contribution in [0.2, 0.25) is 0 Å². The molecule has 0 aliphatic carbocycles. The average Bonchev–Trinajstić information content (AvgIpc) is 3.00. The van der Waals surface area contributed by atoms with Crippen LogP contribution in [-0.2, 0) is 16.0 Å². The molecule has 0 spiro atoms. The van der Waals surface area contributed by atoms with Gasteiger partial charge in [-0.15, -0.1) is 0 Å². The number of nitrogens with zero attached hydrogens (tertiary/aromatic N) is 2.